The predicted octanol–water partition coefficient (Wildman–Crippen LogP) is 5.77. The Morgan fingerprint density at radius 1 is 0.833 bits per heavy atom. The number of aromatic nitrogens is 1. The van der Waals surface area contributed by atoms with Crippen LogP contribution in [0.25, 0.3) is 0 Å². The molecule has 0 aliphatic carbocycles. The highest BCUT2D eigenvalue weighted by Crippen LogP contribution is 2.25. The van der Waals surface area contributed by atoms with Crippen molar-refractivity contribution < 1.29 is 19.1 Å². The van der Waals surface area contributed by atoms with Gasteiger partial charge in [0.1, 0.15) is 5.69 Å². The summed E-state index contributed by atoms with van der Waals surface area (Å²) in [4.78, 5) is 44.6. The highest BCUT2D eigenvalue weighted by Gasteiger charge is 2.19. The van der Waals surface area contributed by atoms with Crippen molar-refractivity contribution >= 4 is 46.3 Å². The fourth-order valence-electron chi connectivity index (χ4n) is 3.53. The summed E-state index contributed by atoms with van der Waals surface area (Å²) < 4.78 is 4.81. The molecule has 1 aromatic heterocycles. The van der Waals surface area contributed by atoms with E-state index in [0.29, 0.717) is 10.7 Å². The Labute approximate surface area is 213 Å². The molecule has 0 aliphatic heterocycles. The summed E-state index contributed by atoms with van der Waals surface area (Å²) in [6.45, 7) is 0. The number of carbonyl (C=O) groups excluding carboxylic acids is 3. The van der Waals surface area contributed by atoms with Gasteiger partial charge in [0, 0.05) is 34.6 Å². The van der Waals surface area contributed by atoms with E-state index >= 15 is 0 Å². The third-order valence-electron chi connectivity index (χ3n) is 5.49. The van der Waals surface area contributed by atoms with Crippen LogP contribution in [0.1, 0.15) is 36.8 Å². The summed E-state index contributed by atoms with van der Waals surface area (Å²) in [6.07, 6.45) is 1.58. The third-order valence-corrected chi connectivity index (χ3v) is 5.74. The molecule has 0 saturated carbocycles. The Morgan fingerprint density at radius 3 is 2.11 bits per heavy atom. The zero-order valence-corrected chi connectivity index (χ0v) is 20.3. The highest BCUT2D eigenvalue weighted by molar-refractivity contribution is 6.30. The van der Waals surface area contributed by atoms with Gasteiger partial charge >= 0.3 is 5.97 Å². The average molecular weight is 500 g/mol. The molecular weight excluding hydrogens is 478 g/mol. The molecule has 36 heavy (non-hydrogen) atoms. The summed E-state index contributed by atoms with van der Waals surface area (Å²) in [7, 11) is 3.11. The minimum Gasteiger partial charge on any atom is -0.465 e. The van der Waals surface area contributed by atoms with Crippen molar-refractivity contribution in [2.45, 2.75) is 0 Å². The number of anilines is 3. The standard InChI is InChI=1S/C28H22ClN3O4/c1-32(23-10-8-21(29)9-11-23)24-12-13-25(30-17-24)26(33)18-14-19(16-20(15-18)28(35)36-2)27(34)31-22-6-4-3-5-7-22/h3-17H,1-2H3,(H,31,34). The van der Waals surface area contributed by atoms with Crippen LogP contribution in [-0.4, -0.2) is 36.8 Å². The number of esters is 1. The lowest BCUT2D eigenvalue weighted by atomic mass is 10.00. The maximum atomic E-state index is 13.3. The molecular formula is C28H22ClN3O4. The van der Waals surface area contributed by atoms with Gasteiger partial charge in [0.2, 0.25) is 5.78 Å². The van der Waals surface area contributed by atoms with Crippen molar-refractivity contribution in [3.05, 3.63) is 119 Å². The van der Waals surface area contributed by atoms with E-state index < -0.39 is 17.7 Å². The van der Waals surface area contributed by atoms with E-state index in [-0.39, 0.29) is 22.4 Å². The minimum absolute atomic E-state index is 0.0839. The molecule has 0 radical (unpaired) electrons. The first-order valence-electron chi connectivity index (χ1n) is 11.0. The fraction of sp³-hybridized carbons (Fsp3) is 0.0714. The number of benzene rings is 3. The van der Waals surface area contributed by atoms with Crippen LogP contribution in [0.3, 0.4) is 0 Å². The average Bonchev–Trinajstić information content (AvgIpc) is 2.92. The Balaban J connectivity index is 1.61. The molecule has 0 fully saturated rings. The van der Waals surface area contributed by atoms with Crippen molar-refractivity contribution in [3.8, 4) is 0 Å². The second-order valence-corrected chi connectivity index (χ2v) is 8.31. The van der Waals surface area contributed by atoms with Crippen LogP contribution in [0.15, 0.2) is 91.1 Å². The SMILES string of the molecule is COC(=O)c1cc(C(=O)Nc2ccccc2)cc(C(=O)c2ccc(N(C)c3ccc(Cl)cc3)cn2)c1. The maximum absolute atomic E-state index is 13.3. The number of pyridine rings is 1. The third kappa shape index (κ3) is 5.59. The summed E-state index contributed by atoms with van der Waals surface area (Å²) in [6, 6.07) is 23.8. The first-order valence-corrected chi connectivity index (χ1v) is 11.3. The van der Waals surface area contributed by atoms with Crippen molar-refractivity contribution in [2.75, 3.05) is 24.4 Å². The first kappa shape index (κ1) is 24.6. The molecule has 4 aromatic rings. The van der Waals surface area contributed by atoms with Crippen molar-refractivity contribution in [2.24, 2.45) is 0 Å². The van der Waals surface area contributed by atoms with Crippen molar-refractivity contribution in [3.63, 3.8) is 0 Å². The number of methoxy groups -OCH3 is 1. The second-order valence-electron chi connectivity index (χ2n) is 7.88. The molecule has 4 rings (SSSR count). The summed E-state index contributed by atoms with van der Waals surface area (Å²) in [5, 5.41) is 3.39. The first-order chi connectivity index (χ1) is 17.4. The van der Waals surface area contributed by atoms with E-state index in [2.05, 4.69) is 10.3 Å². The van der Waals surface area contributed by atoms with Gasteiger partial charge < -0.3 is 15.0 Å². The van der Waals surface area contributed by atoms with Gasteiger partial charge in [0.25, 0.3) is 5.91 Å². The monoisotopic (exact) mass is 499 g/mol. The number of carbonyl (C=O) groups is 3. The topological polar surface area (TPSA) is 88.6 Å². The maximum Gasteiger partial charge on any atom is 0.337 e. The predicted molar refractivity (Wildman–Crippen MR) is 139 cm³/mol. The lowest BCUT2D eigenvalue weighted by Crippen LogP contribution is -2.16. The molecule has 1 heterocycles. The van der Waals surface area contributed by atoms with Gasteiger partial charge in [-0.25, -0.2) is 4.79 Å². The fourth-order valence-corrected chi connectivity index (χ4v) is 3.66. The number of nitrogens with zero attached hydrogens (tertiary/aromatic N) is 2. The van der Waals surface area contributed by atoms with Crippen molar-refractivity contribution in [1.82, 2.24) is 4.98 Å². The largest absolute Gasteiger partial charge is 0.465 e. The molecule has 0 spiro atoms. The Hall–Kier alpha value is -4.49. The van der Waals surface area contributed by atoms with E-state index in [1.807, 2.05) is 30.1 Å². The van der Waals surface area contributed by atoms with Crippen LogP contribution in [0.5, 0.6) is 0 Å². The number of para-hydroxylation sites is 1. The summed E-state index contributed by atoms with van der Waals surface area (Å²) in [5.74, 6) is -1.56. The number of ketones is 1. The molecule has 3 aromatic carbocycles. The molecule has 0 aliphatic rings. The van der Waals surface area contributed by atoms with E-state index in [1.54, 1.807) is 54.7 Å². The number of rotatable bonds is 7. The van der Waals surface area contributed by atoms with Crippen LogP contribution in [-0.2, 0) is 4.74 Å². The van der Waals surface area contributed by atoms with Crippen LogP contribution in [0.2, 0.25) is 5.02 Å². The molecule has 8 heteroatoms. The lowest BCUT2D eigenvalue weighted by molar-refractivity contribution is 0.0600. The second kappa shape index (κ2) is 10.8. The van der Waals surface area contributed by atoms with Crippen LogP contribution >= 0.6 is 11.6 Å². The molecule has 0 atom stereocenters. The van der Waals surface area contributed by atoms with Gasteiger partial charge in [-0.05, 0) is 66.7 Å². The van der Waals surface area contributed by atoms with Crippen molar-refractivity contribution in [1.29, 1.82) is 0 Å². The van der Waals surface area contributed by atoms with E-state index in [9.17, 15) is 14.4 Å². The zero-order valence-electron chi connectivity index (χ0n) is 19.6. The Kier molecular flexibility index (Phi) is 7.42. The smallest absolute Gasteiger partial charge is 0.337 e. The Bertz CT molecular complexity index is 1410. The zero-order chi connectivity index (χ0) is 25.7. The minimum atomic E-state index is -0.661. The van der Waals surface area contributed by atoms with Crippen LogP contribution in [0.4, 0.5) is 17.1 Å². The molecule has 1 N–H and O–H groups in total. The molecule has 7 nitrogen and oxygen atoms in total. The molecule has 1 amide bonds. The number of ether oxygens (including phenoxy) is 1. The van der Waals surface area contributed by atoms with E-state index in [0.717, 1.165) is 11.4 Å². The van der Waals surface area contributed by atoms with Gasteiger partial charge in [0.15, 0.2) is 0 Å². The highest BCUT2D eigenvalue weighted by atomic mass is 35.5. The molecule has 0 unspecified atom stereocenters. The normalized spacial score (nSPS) is 10.4. The number of hydrogen-bond donors (Lipinski definition) is 1. The molecule has 180 valence electrons. The quantitative estimate of drug-likeness (QED) is 0.256. The lowest BCUT2D eigenvalue weighted by Gasteiger charge is -2.19. The van der Waals surface area contributed by atoms with Gasteiger partial charge in [-0.3, -0.25) is 14.6 Å². The number of amides is 1. The van der Waals surface area contributed by atoms with Gasteiger partial charge in [-0.2, -0.15) is 0 Å². The summed E-state index contributed by atoms with van der Waals surface area (Å²) in [5.41, 5.74) is 2.79. The summed E-state index contributed by atoms with van der Waals surface area (Å²) >= 11 is 5.96. The number of hydrogen-bond acceptors (Lipinski definition) is 6. The van der Waals surface area contributed by atoms with Gasteiger partial charge in [-0.1, -0.05) is 29.8 Å². The van der Waals surface area contributed by atoms with Crippen LogP contribution in [0, 0.1) is 0 Å². The van der Waals surface area contributed by atoms with E-state index in [4.69, 9.17) is 16.3 Å². The molecule has 0 saturated heterocycles. The van der Waals surface area contributed by atoms with Crippen LogP contribution < -0.4 is 10.2 Å². The molecule has 0 bridgehead atoms. The van der Waals surface area contributed by atoms with Gasteiger partial charge in [0.05, 0.1) is 24.6 Å². The number of nitrogens with one attached hydrogen (secondary N) is 1. The van der Waals surface area contributed by atoms with Gasteiger partial charge in [-0.15, -0.1) is 0 Å². The Morgan fingerprint density at radius 2 is 1.47 bits per heavy atom. The van der Waals surface area contributed by atoms with E-state index in [1.165, 1.54) is 25.3 Å². The number of halogens is 1.